The van der Waals surface area contributed by atoms with Gasteiger partial charge in [-0.15, -0.1) is 0 Å². The van der Waals surface area contributed by atoms with Crippen LogP contribution in [0.3, 0.4) is 0 Å². The quantitative estimate of drug-likeness (QED) is 0.665. The van der Waals surface area contributed by atoms with Crippen molar-refractivity contribution in [2.45, 2.75) is 32.2 Å². The lowest BCUT2D eigenvalue weighted by Gasteiger charge is -2.29. The first-order valence-corrected chi connectivity index (χ1v) is 6.98. The molecule has 0 spiro atoms. The van der Waals surface area contributed by atoms with Crippen LogP contribution in [0.5, 0.6) is 0 Å². The maximum Gasteiger partial charge on any atom is 0.274 e. The predicted molar refractivity (Wildman–Crippen MR) is 76.4 cm³/mol. The highest BCUT2D eigenvalue weighted by Gasteiger charge is 2.15. The van der Waals surface area contributed by atoms with Crippen LogP contribution in [0.15, 0.2) is 18.2 Å². The average Bonchev–Trinajstić information content (AvgIpc) is 2.38. The monoisotopic (exact) mass is 281 g/mol. The molecule has 1 aromatic carbocycles. The second-order valence-corrected chi connectivity index (χ2v) is 5.36. The maximum atomic E-state index is 13.3. The molecule has 1 aromatic rings. The summed E-state index contributed by atoms with van der Waals surface area (Å²) in [5.41, 5.74) is 0.235. The Kier molecular flexibility index (Phi) is 4.89. The molecule has 5 nitrogen and oxygen atoms in total. The van der Waals surface area contributed by atoms with Crippen LogP contribution in [0.2, 0.25) is 0 Å². The highest BCUT2D eigenvalue weighted by molar-refractivity contribution is 5.52. The zero-order valence-corrected chi connectivity index (χ0v) is 11.6. The van der Waals surface area contributed by atoms with Gasteiger partial charge in [-0.3, -0.25) is 10.1 Å². The SMILES string of the molecule is CC(CN1CCCCC1)Nc1cc(F)cc([N+](=O)[O-])c1. The van der Waals surface area contributed by atoms with Gasteiger partial charge < -0.3 is 10.2 Å². The number of benzene rings is 1. The Hall–Kier alpha value is -1.69. The minimum atomic E-state index is -0.591. The number of nitrogens with zero attached hydrogens (tertiary/aromatic N) is 2. The van der Waals surface area contributed by atoms with E-state index in [-0.39, 0.29) is 11.7 Å². The number of non-ortho nitro benzene ring substituents is 1. The molecule has 20 heavy (non-hydrogen) atoms. The van der Waals surface area contributed by atoms with E-state index in [4.69, 9.17) is 0 Å². The van der Waals surface area contributed by atoms with Gasteiger partial charge in [-0.2, -0.15) is 0 Å². The molecule has 2 rings (SSSR count). The van der Waals surface area contributed by atoms with Crippen molar-refractivity contribution in [3.8, 4) is 0 Å². The minimum absolute atomic E-state index is 0.120. The fourth-order valence-corrected chi connectivity index (χ4v) is 2.62. The smallest absolute Gasteiger partial charge is 0.274 e. The standard InChI is InChI=1S/C14H20FN3O2/c1-11(10-17-5-3-2-4-6-17)16-13-7-12(15)8-14(9-13)18(19)20/h7-9,11,16H,2-6,10H2,1H3. The van der Waals surface area contributed by atoms with Gasteiger partial charge in [-0.1, -0.05) is 6.42 Å². The third-order valence-corrected chi connectivity index (χ3v) is 3.49. The van der Waals surface area contributed by atoms with E-state index in [1.807, 2.05) is 6.92 Å². The lowest BCUT2D eigenvalue weighted by atomic mass is 10.1. The van der Waals surface area contributed by atoms with Crippen molar-refractivity contribution in [3.05, 3.63) is 34.1 Å². The van der Waals surface area contributed by atoms with Crippen LogP contribution in [0.25, 0.3) is 0 Å². The van der Waals surface area contributed by atoms with Crippen LogP contribution in [0.4, 0.5) is 15.8 Å². The van der Waals surface area contributed by atoms with E-state index < -0.39 is 10.7 Å². The summed E-state index contributed by atoms with van der Waals surface area (Å²) in [5, 5.41) is 13.9. The molecule has 1 aliphatic rings. The van der Waals surface area contributed by atoms with Gasteiger partial charge in [0, 0.05) is 24.3 Å². The van der Waals surface area contributed by atoms with Crippen molar-refractivity contribution >= 4 is 11.4 Å². The molecule has 1 N–H and O–H groups in total. The molecule has 0 bridgehead atoms. The molecule has 0 aliphatic carbocycles. The highest BCUT2D eigenvalue weighted by Crippen LogP contribution is 2.21. The van der Waals surface area contributed by atoms with Crippen LogP contribution >= 0.6 is 0 Å². The number of halogens is 1. The lowest BCUT2D eigenvalue weighted by molar-refractivity contribution is -0.385. The van der Waals surface area contributed by atoms with Gasteiger partial charge >= 0.3 is 0 Å². The molecular formula is C14H20FN3O2. The number of nitrogens with one attached hydrogen (secondary N) is 1. The molecule has 110 valence electrons. The van der Waals surface area contributed by atoms with Crippen molar-refractivity contribution in [2.75, 3.05) is 25.0 Å². The molecule has 1 fully saturated rings. The Morgan fingerprint density at radius 2 is 2.05 bits per heavy atom. The Balaban J connectivity index is 1.96. The third-order valence-electron chi connectivity index (χ3n) is 3.49. The summed E-state index contributed by atoms with van der Waals surface area (Å²) < 4.78 is 13.3. The van der Waals surface area contributed by atoms with E-state index in [2.05, 4.69) is 10.2 Å². The van der Waals surface area contributed by atoms with Gasteiger partial charge in [0.1, 0.15) is 5.82 Å². The minimum Gasteiger partial charge on any atom is -0.381 e. The molecule has 0 aromatic heterocycles. The van der Waals surface area contributed by atoms with E-state index in [1.54, 1.807) is 0 Å². The van der Waals surface area contributed by atoms with Crippen LogP contribution in [-0.2, 0) is 0 Å². The van der Waals surface area contributed by atoms with Gasteiger partial charge in [0.25, 0.3) is 5.69 Å². The van der Waals surface area contributed by atoms with Crippen molar-refractivity contribution in [1.29, 1.82) is 0 Å². The van der Waals surface area contributed by atoms with E-state index in [1.165, 1.54) is 31.4 Å². The lowest BCUT2D eigenvalue weighted by Crippen LogP contribution is -2.38. The summed E-state index contributed by atoms with van der Waals surface area (Å²) in [5.74, 6) is -0.591. The second kappa shape index (κ2) is 6.65. The van der Waals surface area contributed by atoms with Crippen LogP contribution < -0.4 is 5.32 Å². The average molecular weight is 281 g/mol. The number of likely N-dealkylation sites (tertiary alicyclic amines) is 1. The van der Waals surface area contributed by atoms with E-state index >= 15 is 0 Å². The topological polar surface area (TPSA) is 58.4 Å². The van der Waals surface area contributed by atoms with Crippen LogP contribution in [0.1, 0.15) is 26.2 Å². The van der Waals surface area contributed by atoms with E-state index in [0.29, 0.717) is 5.69 Å². The number of hydrogen-bond donors (Lipinski definition) is 1. The molecule has 0 amide bonds. The van der Waals surface area contributed by atoms with Gasteiger partial charge in [0.2, 0.25) is 0 Å². The molecule has 0 radical (unpaired) electrons. The Morgan fingerprint density at radius 3 is 2.70 bits per heavy atom. The van der Waals surface area contributed by atoms with Crippen molar-refractivity contribution in [3.63, 3.8) is 0 Å². The highest BCUT2D eigenvalue weighted by atomic mass is 19.1. The van der Waals surface area contributed by atoms with Crippen molar-refractivity contribution in [1.82, 2.24) is 4.90 Å². The number of nitro benzene ring substituents is 1. The summed E-state index contributed by atoms with van der Waals surface area (Å²) in [7, 11) is 0. The number of nitro groups is 1. The number of rotatable bonds is 5. The summed E-state index contributed by atoms with van der Waals surface area (Å²) in [6.07, 6.45) is 3.73. The molecule has 1 aliphatic heterocycles. The largest absolute Gasteiger partial charge is 0.381 e. The second-order valence-electron chi connectivity index (χ2n) is 5.36. The maximum absolute atomic E-state index is 13.3. The van der Waals surface area contributed by atoms with Crippen molar-refractivity contribution in [2.24, 2.45) is 0 Å². The fraction of sp³-hybridized carbons (Fsp3) is 0.571. The first-order valence-electron chi connectivity index (χ1n) is 6.98. The summed E-state index contributed by atoms with van der Waals surface area (Å²) in [6.45, 7) is 5.06. The summed E-state index contributed by atoms with van der Waals surface area (Å²) in [6, 6.07) is 3.71. The van der Waals surface area contributed by atoms with Gasteiger partial charge in [0.15, 0.2) is 0 Å². The fourth-order valence-electron chi connectivity index (χ4n) is 2.62. The Bertz CT molecular complexity index is 475. The zero-order chi connectivity index (χ0) is 14.5. The van der Waals surface area contributed by atoms with Gasteiger partial charge in [-0.05, 0) is 38.9 Å². The molecule has 1 atom stereocenters. The van der Waals surface area contributed by atoms with Crippen molar-refractivity contribution < 1.29 is 9.31 Å². The molecule has 0 saturated carbocycles. The van der Waals surface area contributed by atoms with E-state index in [9.17, 15) is 14.5 Å². The number of hydrogen-bond acceptors (Lipinski definition) is 4. The first-order chi connectivity index (χ1) is 9.54. The normalized spacial score (nSPS) is 17.7. The molecule has 6 heteroatoms. The first kappa shape index (κ1) is 14.7. The number of piperidine rings is 1. The van der Waals surface area contributed by atoms with Crippen LogP contribution in [0, 0.1) is 15.9 Å². The Labute approximate surface area is 117 Å². The predicted octanol–water partition coefficient (Wildman–Crippen LogP) is 3.02. The molecular weight excluding hydrogens is 261 g/mol. The molecule has 1 unspecified atom stereocenters. The van der Waals surface area contributed by atoms with E-state index in [0.717, 1.165) is 25.7 Å². The third kappa shape index (κ3) is 4.16. The zero-order valence-electron chi connectivity index (χ0n) is 11.6. The van der Waals surface area contributed by atoms with Crippen LogP contribution in [-0.4, -0.2) is 35.5 Å². The number of anilines is 1. The van der Waals surface area contributed by atoms with Gasteiger partial charge in [-0.25, -0.2) is 4.39 Å². The summed E-state index contributed by atoms with van der Waals surface area (Å²) in [4.78, 5) is 12.5. The Morgan fingerprint density at radius 1 is 1.35 bits per heavy atom. The molecule has 1 heterocycles. The molecule has 1 saturated heterocycles. The van der Waals surface area contributed by atoms with Gasteiger partial charge in [0.05, 0.1) is 11.0 Å². The summed E-state index contributed by atoms with van der Waals surface area (Å²) >= 11 is 0.